The van der Waals surface area contributed by atoms with Crippen LogP contribution in [0.5, 0.6) is 0 Å². The van der Waals surface area contributed by atoms with Crippen LogP contribution in [0.4, 0.5) is 4.39 Å². The van der Waals surface area contributed by atoms with Crippen molar-refractivity contribution >= 4 is 27.5 Å². The van der Waals surface area contributed by atoms with E-state index >= 15 is 0 Å². The smallest absolute Gasteiger partial charge is 0.253 e. The summed E-state index contributed by atoms with van der Waals surface area (Å²) < 4.78 is 39.6. The molecule has 0 spiro atoms. The molecule has 128 valence electrons. The van der Waals surface area contributed by atoms with Gasteiger partial charge in [-0.3, -0.25) is 4.79 Å². The molecular formula is C16H16ClFN2O3S. The summed E-state index contributed by atoms with van der Waals surface area (Å²) >= 11 is 5.99. The molecule has 1 atom stereocenters. The lowest BCUT2D eigenvalue weighted by Crippen LogP contribution is -2.28. The number of carbonyl (C=O) groups is 1. The first-order chi connectivity index (χ1) is 11.3. The predicted molar refractivity (Wildman–Crippen MR) is 90.0 cm³/mol. The van der Waals surface area contributed by atoms with E-state index in [9.17, 15) is 17.6 Å². The fourth-order valence-electron chi connectivity index (χ4n) is 2.14. The zero-order chi connectivity index (χ0) is 17.9. The number of halogens is 2. The van der Waals surface area contributed by atoms with E-state index in [0.29, 0.717) is 5.56 Å². The van der Waals surface area contributed by atoms with Gasteiger partial charge in [-0.1, -0.05) is 29.8 Å². The van der Waals surface area contributed by atoms with Crippen molar-refractivity contribution in [3.05, 3.63) is 64.4 Å². The largest absolute Gasteiger partial charge is 0.345 e. The molecule has 0 aliphatic carbocycles. The molecule has 0 aliphatic rings. The first-order valence-electron chi connectivity index (χ1n) is 7.04. The first-order valence-corrected chi connectivity index (χ1v) is 8.90. The molecule has 0 bridgehead atoms. The quantitative estimate of drug-likeness (QED) is 0.849. The number of nitrogens with one attached hydrogen (secondary N) is 2. The zero-order valence-corrected chi connectivity index (χ0v) is 14.6. The lowest BCUT2D eigenvalue weighted by atomic mass is 10.1. The third kappa shape index (κ3) is 3.92. The van der Waals surface area contributed by atoms with E-state index in [-0.39, 0.29) is 15.5 Å². The third-order valence-electron chi connectivity index (χ3n) is 3.48. The lowest BCUT2D eigenvalue weighted by Gasteiger charge is -2.16. The van der Waals surface area contributed by atoms with Crippen LogP contribution in [0.3, 0.4) is 0 Å². The van der Waals surface area contributed by atoms with Gasteiger partial charge in [0, 0.05) is 5.56 Å². The van der Waals surface area contributed by atoms with Gasteiger partial charge in [-0.05, 0) is 38.2 Å². The molecule has 1 unspecified atom stereocenters. The Morgan fingerprint density at radius 2 is 1.88 bits per heavy atom. The number of amides is 1. The second-order valence-electron chi connectivity index (χ2n) is 5.07. The molecule has 0 heterocycles. The third-order valence-corrected chi connectivity index (χ3v) is 5.22. The molecule has 0 fully saturated rings. The molecule has 5 nitrogen and oxygen atoms in total. The van der Waals surface area contributed by atoms with E-state index in [1.54, 1.807) is 25.1 Å². The molecule has 0 saturated heterocycles. The highest BCUT2D eigenvalue weighted by atomic mass is 35.5. The van der Waals surface area contributed by atoms with Crippen molar-refractivity contribution < 1.29 is 17.6 Å². The summed E-state index contributed by atoms with van der Waals surface area (Å²) in [6.45, 7) is 1.62. The van der Waals surface area contributed by atoms with E-state index in [1.807, 2.05) is 0 Å². The van der Waals surface area contributed by atoms with Gasteiger partial charge < -0.3 is 5.32 Å². The number of rotatable bonds is 5. The van der Waals surface area contributed by atoms with E-state index in [0.717, 1.165) is 0 Å². The fourth-order valence-corrected chi connectivity index (χ4v) is 3.10. The number of carbonyl (C=O) groups excluding carboxylic acids is 1. The maximum Gasteiger partial charge on any atom is 0.253 e. The summed E-state index contributed by atoms with van der Waals surface area (Å²) in [6.07, 6.45) is 0. The summed E-state index contributed by atoms with van der Waals surface area (Å²) in [5.41, 5.74) is 0.317. The number of hydrogen-bond acceptors (Lipinski definition) is 3. The minimum atomic E-state index is -3.71. The van der Waals surface area contributed by atoms with Crippen LogP contribution in [0.1, 0.15) is 28.9 Å². The van der Waals surface area contributed by atoms with Crippen LogP contribution < -0.4 is 10.0 Å². The van der Waals surface area contributed by atoms with E-state index < -0.39 is 27.8 Å². The van der Waals surface area contributed by atoms with Crippen molar-refractivity contribution in [3.8, 4) is 0 Å². The van der Waals surface area contributed by atoms with Crippen molar-refractivity contribution in [2.75, 3.05) is 7.05 Å². The Morgan fingerprint density at radius 3 is 2.50 bits per heavy atom. The highest BCUT2D eigenvalue weighted by Gasteiger charge is 2.20. The SMILES string of the molecule is CNS(=O)(=O)c1ccc(Cl)c(C(=O)NC(C)c2ccccc2F)c1. The van der Waals surface area contributed by atoms with Crippen LogP contribution in [0.15, 0.2) is 47.4 Å². The lowest BCUT2D eigenvalue weighted by molar-refractivity contribution is 0.0939. The van der Waals surface area contributed by atoms with E-state index in [1.165, 1.54) is 31.3 Å². The fraction of sp³-hybridized carbons (Fsp3) is 0.188. The van der Waals surface area contributed by atoms with Crippen LogP contribution in [0.2, 0.25) is 5.02 Å². The van der Waals surface area contributed by atoms with Crippen LogP contribution >= 0.6 is 11.6 Å². The summed E-state index contributed by atoms with van der Waals surface area (Å²) in [4.78, 5) is 12.3. The molecule has 2 N–H and O–H groups in total. The molecule has 2 rings (SSSR count). The van der Waals surface area contributed by atoms with Gasteiger partial charge >= 0.3 is 0 Å². The second kappa shape index (κ2) is 7.29. The molecule has 0 radical (unpaired) electrons. The Bertz CT molecular complexity index is 871. The average molecular weight is 371 g/mol. The number of sulfonamides is 1. The molecule has 8 heteroatoms. The van der Waals surface area contributed by atoms with Gasteiger partial charge in [0.25, 0.3) is 5.91 Å². The van der Waals surface area contributed by atoms with Gasteiger partial charge in [-0.25, -0.2) is 17.5 Å². The van der Waals surface area contributed by atoms with Crippen LogP contribution in [-0.2, 0) is 10.0 Å². The first kappa shape index (κ1) is 18.4. The second-order valence-corrected chi connectivity index (χ2v) is 7.36. The van der Waals surface area contributed by atoms with Gasteiger partial charge in [0.15, 0.2) is 0 Å². The molecule has 0 saturated carbocycles. The van der Waals surface area contributed by atoms with Crippen molar-refractivity contribution in [2.24, 2.45) is 0 Å². The minimum absolute atomic E-state index is 0.00354. The Kier molecular flexibility index (Phi) is 5.58. The van der Waals surface area contributed by atoms with Crippen LogP contribution in [0.25, 0.3) is 0 Å². The van der Waals surface area contributed by atoms with Gasteiger partial charge in [0.05, 0.1) is 21.5 Å². The highest BCUT2D eigenvalue weighted by Crippen LogP contribution is 2.22. The molecule has 0 aliphatic heterocycles. The van der Waals surface area contributed by atoms with Crippen molar-refractivity contribution in [1.82, 2.24) is 10.0 Å². The molecule has 1 amide bonds. The van der Waals surface area contributed by atoms with Gasteiger partial charge in [-0.15, -0.1) is 0 Å². The molecule has 2 aromatic carbocycles. The molecule has 0 aromatic heterocycles. The van der Waals surface area contributed by atoms with Gasteiger partial charge in [0.2, 0.25) is 10.0 Å². The van der Waals surface area contributed by atoms with Crippen molar-refractivity contribution in [1.29, 1.82) is 0 Å². The summed E-state index contributed by atoms with van der Waals surface area (Å²) in [7, 11) is -2.44. The summed E-state index contributed by atoms with van der Waals surface area (Å²) in [5.74, 6) is -1.04. The Hall–Kier alpha value is -1.96. The van der Waals surface area contributed by atoms with Gasteiger partial charge in [-0.2, -0.15) is 0 Å². The van der Waals surface area contributed by atoms with Crippen molar-refractivity contribution in [2.45, 2.75) is 17.9 Å². The maximum atomic E-state index is 13.8. The predicted octanol–water partition coefficient (Wildman–Crippen LogP) is 2.88. The zero-order valence-electron chi connectivity index (χ0n) is 13.0. The van der Waals surface area contributed by atoms with Crippen LogP contribution in [-0.4, -0.2) is 21.4 Å². The van der Waals surface area contributed by atoms with Crippen LogP contribution in [0, 0.1) is 5.82 Å². The van der Waals surface area contributed by atoms with E-state index in [2.05, 4.69) is 10.0 Å². The number of benzene rings is 2. The standard InChI is InChI=1S/C16H16ClFN2O3S/c1-10(12-5-3-4-6-15(12)18)20-16(21)13-9-11(7-8-14(13)17)24(22,23)19-2/h3-10,19H,1-2H3,(H,20,21). The summed E-state index contributed by atoms with van der Waals surface area (Å²) in [6, 6.07) is 9.26. The topological polar surface area (TPSA) is 75.3 Å². The Morgan fingerprint density at radius 1 is 1.21 bits per heavy atom. The molecule has 2 aromatic rings. The Labute approximate surface area is 144 Å². The van der Waals surface area contributed by atoms with Crippen molar-refractivity contribution in [3.63, 3.8) is 0 Å². The maximum absolute atomic E-state index is 13.8. The Balaban J connectivity index is 2.30. The molecular weight excluding hydrogens is 355 g/mol. The highest BCUT2D eigenvalue weighted by molar-refractivity contribution is 7.89. The monoisotopic (exact) mass is 370 g/mol. The average Bonchev–Trinajstić information content (AvgIpc) is 2.55. The molecule has 24 heavy (non-hydrogen) atoms. The summed E-state index contributed by atoms with van der Waals surface area (Å²) in [5, 5.41) is 2.71. The van der Waals surface area contributed by atoms with E-state index in [4.69, 9.17) is 11.6 Å². The van der Waals surface area contributed by atoms with Gasteiger partial charge in [0.1, 0.15) is 5.82 Å². The number of hydrogen-bond donors (Lipinski definition) is 2. The minimum Gasteiger partial charge on any atom is -0.345 e. The normalized spacial score (nSPS) is 12.7.